The van der Waals surface area contributed by atoms with E-state index in [1.165, 1.54) is 36.1 Å². The Labute approximate surface area is 117 Å². The van der Waals surface area contributed by atoms with Crippen molar-refractivity contribution >= 4 is 33.2 Å². The molecule has 1 heterocycles. The molecule has 0 saturated carbocycles. The molecule has 3 rings (SSSR count). The average Bonchev–Trinajstić information content (AvgIpc) is 2.79. The zero-order chi connectivity index (χ0) is 15.1. The molecular formula is C13H9N3O5. The van der Waals surface area contributed by atoms with Gasteiger partial charge in [-0.25, -0.2) is 0 Å². The zero-order valence-electron chi connectivity index (χ0n) is 10.8. The van der Waals surface area contributed by atoms with Crippen molar-refractivity contribution in [2.24, 2.45) is 0 Å². The summed E-state index contributed by atoms with van der Waals surface area (Å²) < 4.78 is 1.48. The fourth-order valence-electron chi connectivity index (χ4n) is 2.39. The number of non-ortho nitro benzene ring substituents is 2. The van der Waals surface area contributed by atoms with Gasteiger partial charge in [-0.3, -0.25) is 20.2 Å². The fraction of sp³-hybridized carbons (Fsp3) is 0.0769. The Hall–Kier alpha value is -3.16. The quantitative estimate of drug-likeness (QED) is 0.544. The highest BCUT2D eigenvalue weighted by atomic mass is 16.6. The molecule has 0 aliphatic heterocycles. The molecule has 0 bridgehead atoms. The normalized spacial score (nSPS) is 10.9. The largest absolute Gasteiger partial charge is 0.417 e. The van der Waals surface area contributed by atoms with Crippen molar-refractivity contribution in [1.82, 2.24) is 4.73 Å². The van der Waals surface area contributed by atoms with Crippen molar-refractivity contribution < 1.29 is 14.7 Å². The van der Waals surface area contributed by atoms with Crippen LogP contribution in [-0.4, -0.2) is 21.7 Å². The molecule has 0 amide bonds. The zero-order valence-corrected chi connectivity index (χ0v) is 10.8. The van der Waals surface area contributed by atoms with Crippen molar-refractivity contribution in [2.75, 3.05) is 7.11 Å². The standard InChI is InChI=1S/C13H9N3O5/c1-21-14-12-4-2-8(15(17)18)6-10(12)11-7-9(16(19)20)3-5-13(11)14/h2-7H,1H3. The van der Waals surface area contributed by atoms with E-state index in [-0.39, 0.29) is 11.4 Å². The number of nitrogens with zero attached hydrogens (tertiary/aromatic N) is 3. The summed E-state index contributed by atoms with van der Waals surface area (Å²) in [5, 5.41) is 22.8. The third kappa shape index (κ3) is 1.84. The first kappa shape index (κ1) is 12.9. The predicted molar refractivity (Wildman–Crippen MR) is 75.3 cm³/mol. The molecule has 21 heavy (non-hydrogen) atoms. The highest BCUT2D eigenvalue weighted by Crippen LogP contribution is 2.33. The molecule has 0 aliphatic carbocycles. The van der Waals surface area contributed by atoms with Crippen molar-refractivity contribution in [3.8, 4) is 0 Å². The molecule has 8 nitrogen and oxygen atoms in total. The summed E-state index contributed by atoms with van der Waals surface area (Å²) in [7, 11) is 1.46. The number of hydrogen-bond acceptors (Lipinski definition) is 5. The van der Waals surface area contributed by atoms with E-state index in [1.807, 2.05) is 0 Å². The monoisotopic (exact) mass is 287 g/mol. The van der Waals surface area contributed by atoms with E-state index >= 15 is 0 Å². The molecule has 0 atom stereocenters. The molecule has 0 N–H and O–H groups in total. The third-order valence-electron chi connectivity index (χ3n) is 3.29. The summed E-state index contributed by atoms with van der Waals surface area (Å²) in [6, 6.07) is 8.62. The van der Waals surface area contributed by atoms with Crippen LogP contribution in [0.1, 0.15) is 0 Å². The maximum absolute atomic E-state index is 10.9. The molecule has 0 spiro atoms. The van der Waals surface area contributed by atoms with Gasteiger partial charge in [-0.1, -0.05) is 0 Å². The maximum Gasteiger partial charge on any atom is 0.270 e. The number of fused-ring (bicyclic) bond motifs is 3. The van der Waals surface area contributed by atoms with E-state index < -0.39 is 9.85 Å². The first-order valence-electron chi connectivity index (χ1n) is 5.94. The van der Waals surface area contributed by atoms with E-state index in [9.17, 15) is 20.2 Å². The SMILES string of the molecule is COn1c2ccc([N+](=O)[O-])cc2c2cc([N+](=O)[O-])ccc21. The summed E-state index contributed by atoms with van der Waals surface area (Å²) in [5.74, 6) is 0. The molecular weight excluding hydrogens is 278 g/mol. The predicted octanol–water partition coefficient (Wildman–Crippen LogP) is 2.67. The second kappa shape index (κ2) is 4.44. The molecule has 0 aliphatic rings. The summed E-state index contributed by atoms with van der Waals surface area (Å²) in [4.78, 5) is 26.0. The Bertz CT molecular complexity index is 828. The van der Waals surface area contributed by atoms with Gasteiger partial charge < -0.3 is 4.84 Å². The molecule has 1 aromatic heterocycles. The first-order valence-corrected chi connectivity index (χ1v) is 5.94. The Balaban J connectivity index is 2.45. The van der Waals surface area contributed by atoms with Crippen LogP contribution in [0.5, 0.6) is 0 Å². The van der Waals surface area contributed by atoms with Crippen LogP contribution < -0.4 is 4.84 Å². The Morgan fingerprint density at radius 1 is 0.905 bits per heavy atom. The smallest absolute Gasteiger partial charge is 0.270 e. The van der Waals surface area contributed by atoms with Gasteiger partial charge in [0, 0.05) is 35.0 Å². The minimum absolute atomic E-state index is 0.0795. The van der Waals surface area contributed by atoms with E-state index in [4.69, 9.17) is 4.84 Å². The topological polar surface area (TPSA) is 100 Å². The molecule has 0 radical (unpaired) electrons. The Morgan fingerprint density at radius 3 is 1.67 bits per heavy atom. The highest BCUT2D eigenvalue weighted by Gasteiger charge is 2.17. The van der Waals surface area contributed by atoms with Crippen LogP contribution in [0.15, 0.2) is 36.4 Å². The second-order valence-electron chi connectivity index (χ2n) is 4.39. The summed E-state index contributed by atoms with van der Waals surface area (Å²) in [5.41, 5.74) is 1.06. The molecule has 0 fully saturated rings. The first-order chi connectivity index (χ1) is 10.0. The lowest BCUT2D eigenvalue weighted by molar-refractivity contribution is -0.385. The number of rotatable bonds is 3. The summed E-state index contributed by atoms with van der Waals surface area (Å²) in [6.07, 6.45) is 0. The minimum atomic E-state index is -0.507. The summed E-state index contributed by atoms with van der Waals surface area (Å²) in [6.45, 7) is 0. The van der Waals surface area contributed by atoms with Crippen LogP contribution in [0, 0.1) is 20.2 Å². The molecule has 8 heteroatoms. The maximum atomic E-state index is 10.9. The Kier molecular flexibility index (Phi) is 2.72. The molecule has 2 aromatic carbocycles. The lowest BCUT2D eigenvalue weighted by atomic mass is 10.1. The van der Waals surface area contributed by atoms with Crippen molar-refractivity contribution in [2.45, 2.75) is 0 Å². The minimum Gasteiger partial charge on any atom is -0.417 e. The third-order valence-corrected chi connectivity index (χ3v) is 3.29. The van der Waals surface area contributed by atoms with Gasteiger partial charge in [-0.2, -0.15) is 4.73 Å². The van der Waals surface area contributed by atoms with Gasteiger partial charge in [0.2, 0.25) is 0 Å². The van der Waals surface area contributed by atoms with Gasteiger partial charge in [0.05, 0.1) is 20.9 Å². The Morgan fingerprint density at radius 2 is 1.33 bits per heavy atom. The number of benzene rings is 2. The number of hydrogen-bond donors (Lipinski definition) is 0. The molecule has 3 aromatic rings. The van der Waals surface area contributed by atoms with Crippen LogP contribution in [-0.2, 0) is 0 Å². The molecule has 0 unspecified atom stereocenters. The van der Waals surface area contributed by atoms with Crippen molar-refractivity contribution in [3.05, 3.63) is 56.6 Å². The lowest BCUT2D eigenvalue weighted by Gasteiger charge is -2.03. The average molecular weight is 287 g/mol. The van der Waals surface area contributed by atoms with E-state index in [0.717, 1.165) is 0 Å². The van der Waals surface area contributed by atoms with Crippen LogP contribution in [0.25, 0.3) is 21.8 Å². The van der Waals surface area contributed by atoms with Gasteiger partial charge in [-0.15, -0.1) is 0 Å². The summed E-state index contributed by atoms with van der Waals surface area (Å²) >= 11 is 0. The van der Waals surface area contributed by atoms with Gasteiger partial charge in [0.1, 0.15) is 7.11 Å². The number of aromatic nitrogens is 1. The molecule has 106 valence electrons. The fourth-order valence-corrected chi connectivity index (χ4v) is 2.39. The van der Waals surface area contributed by atoms with Crippen LogP contribution in [0.2, 0.25) is 0 Å². The van der Waals surface area contributed by atoms with Crippen molar-refractivity contribution in [1.29, 1.82) is 0 Å². The van der Waals surface area contributed by atoms with Gasteiger partial charge in [0.25, 0.3) is 11.4 Å². The number of nitro benzene ring substituents is 2. The van der Waals surface area contributed by atoms with E-state index in [1.54, 1.807) is 12.1 Å². The van der Waals surface area contributed by atoms with E-state index in [2.05, 4.69) is 0 Å². The lowest BCUT2D eigenvalue weighted by Crippen LogP contribution is -2.04. The van der Waals surface area contributed by atoms with Gasteiger partial charge in [0.15, 0.2) is 0 Å². The molecule has 0 saturated heterocycles. The van der Waals surface area contributed by atoms with Crippen LogP contribution in [0.4, 0.5) is 11.4 Å². The van der Waals surface area contributed by atoms with Gasteiger partial charge in [-0.05, 0) is 12.1 Å². The van der Waals surface area contributed by atoms with Crippen LogP contribution >= 0.6 is 0 Å². The second-order valence-corrected chi connectivity index (χ2v) is 4.39. The van der Waals surface area contributed by atoms with E-state index in [0.29, 0.717) is 21.8 Å². The highest BCUT2D eigenvalue weighted by molar-refractivity contribution is 6.09. The van der Waals surface area contributed by atoms with Crippen molar-refractivity contribution in [3.63, 3.8) is 0 Å². The number of nitro groups is 2. The van der Waals surface area contributed by atoms with Gasteiger partial charge >= 0.3 is 0 Å². The van der Waals surface area contributed by atoms with Crippen LogP contribution in [0.3, 0.4) is 0 Å².